The Morgan fingerprint density at radius 1 is 1.54 bits per heavy atom. The first kappa shape index (κ1) is 8.51. The first-order valence-corrected chi connectivity index (χ1v) is 4.67. The van der Waals surface area contributed by atoms with Crippen molar-refractivity contribution in [3.05, 3.63) is 23.1 Å². The van der Waals surface area contributed by atoms with Crippen molar-refractivity contribution in [2.24, 2.45) is 0 Å². The fraction of sp³-hybridized carbons (Fsp3) is 0.333. The van der Waals surface area contributed by atoms with Gasteiger partial charge in [-0.3, -0.25) is 0 Å². The number of hydrogen-bond acceptors (Lipinski definition) is 2. The van der Waals surface area contributed by atoms with Crippen molar-refractivity contribution >= 4 is 22.8 Å². The Bertz CT molecular complexity index is 422. The predicted octanol–water partition coefficient (Wildman–Crippen LogP) is 2.56. The number of pyridine rings is 1. The van der Waals surface area contributed by atoms with Crippen LogP contribution in [0.15, 0.2) is 12.3 Å². The van der Waals surface area contributed by atoms with Gasteiger partial charge in [0, 0.05) is 12.6 Å². The topological polar surface area (TPSA) is 41.6 Å². The Morgan fingerprint density at radius 2 is 2.38 bits per heavy atom. The van der Waals surface area contributed by atoms with Crippen LogP contribution in [0, 0.1) is 0 Å². The van der Waals surface area contributed by atoms with Crippen LogP contribution in [0.25, 0.3) is 11.2 Å². The van der Waals surface area contributed by atoms with Gasteiger partial charge in [-0.2, -0.15) is 0 Å². The van der Waals surface area contributed by atoms with Crippen molar-refractivity contribution < 1.29 is 0 Å². The SMILES string of the molecule is CCCc1nc2ncc(Cl)cc2[nH]1. The lowest BCUT2D eigenvalue weighted by atomic mass is 10.3. The molecule has 2 aromatic rings. The summed E-state index contributed by atoms with van der Waals surface area (Å²) in [4.78, 5) is 11.6. The number of aromatic nitrogens is 3. The molecule has 68 valence electrons. The third-order valence-electron chi connectivity index (χ3n) is 1.84. The third-order valence-corrected chi connectivity index (χ3v) is 2.05. The summed E-state index contributed by atoms with van der Waals surface area (Å²) in [7, 11) is 0. The Hall–Kier alpha value is -1.09. The molecule has 0 aromatic carbocycles. The van der Waals surface area contributed by atoms with E-state index >= 15 is 0 Å². The highest BCUT2D eigenvalue weighted by Crippen LogP contribution is 2.14. The molecular weight excluding hydrogens is 186 g/mol. The van der Waals surface area contributed by atoms with Gasteiger partial charge in [0.25, 0.3) is 0 Å². The molecule has 0 unspecified atom stereocenters. The molecule has 0 atom stereocenters. The summed E-state index contributed by atoms with van der Waals surface area (Å²) in [6, 6.07) is 1.84. The molecule has 3 nitrogen and oxygen atoms in total. The highest BCUT2D eigenvalue weighted by molar-refractivity contribution is 6.30. The molecule has 2 rings (SSSR count). The third kappa shape index (κ3) is 1.65. The maximum absolute atomic E-state index is 5.79. The number of nitrogens with one attached hydrogen (secondary N) is 1. The number of aryl methyl sites for hydroxylation is 1. The largest absolute Gasteiger partial charge is 0.341 e. The van der Waals surface area contributed by atoms with E-state index in [4.69, 9.17) is 11.6 Å². The van der Waals surface area contributed by atoms with E-state index in [1.54, 1.807) is 6.20 Å². The smallest absolute Gasteiger partial charge is 0.177 e. The quantitative estimate of drug-likeness (QED) is 0.800. The molecule has 2 aromatic heterocycles. The van der Waals surface area contributed by atoms with Crippen LogP contribution >= 0.6 is 11.6 Å². The standard InChI is InChI=1S/C9H10ClN3/c1-2-3-8-12-7-4-6(10)5-11-9(7)13-8/h4-5H,2-3H2,1H3,(H,11,12,13). The summed E-state index contributed by atoms with van der Waals surface area (Å²) in [6.45, 7) is 2.12. The number of fused-ring (bicyclic) bond motifs is 1. The van der Waals surface area contributed by atoms with E-state index in [0.29, 0.717) is 5.02 Å². The zero-order valence-corrected chi connectivity index (χ0v) is 8.10. The van der Waals surface area contributed by atoms with E-state index in [2.05, 4.69) is 21.9 Å². The molecule has 4 heteroatoms. The molecule has 0 amide bonds. The lowest BCUT2D eigenvalue weighted by Gasteiger charge is -1.87. The summed E-state index contributed by atoms with van der Waals surface area (Å²) in [5.41, 5.74) is 1.66. The number of hydrogen-bond donors (Lipinski definition) is 1. The molecule has 0 aliphatic carbocycles. The van der Waals surface area contributed by atoms with E-state index < -0.39 is 0 Å². The van der Waals surface area contributed by atoms with Gasteiger partial charge >= 0.3 is 0 Å². The molecule has 13 heavy (non-hydrogen) atoms. The van der Waals surface area contributed by atoms with E-state index in [0.717, 1.165) is 29.8 Å². The summed E-state index contributed by atoms with van der Waals surface area (Å²) >= 11 is 5.79. The lowest BCUT2D eigenvalue weighted by Crippen LogP contribution is -1.84. The van der Waals surface area contributed by atoms with Gasteiger partial charge < -0.3 is 4.98 Å². The molecule has 0 saturated carbocycles. The zero-order chi connectivity index (χ0) is 9.26. The number of rotatable bonds is 2. The normalized spacial score (nSPS) is 10.9. The minimum Gasteiger partial charge on any atom is -0.341 e. The minimum atomic E-state index is 0.638. The Morgan fingerprint density at radius 3 is 3.15 bits per heavy atom. The van der Waals surface area contributed by atoms with Crippen LogP contribution in [0.3, 0.4) is 0 Å². The second-order valence-electron chi connectivity index (χ2n) is 2.96. The summed E-state index contributed by atoms with van der Waals surface area (Å²) in [6.07, 6.45) is 3.64. The van der Waals surface area contributed by atoms with E-state index in [9.17, 15) is 0 Å². The van der Waals surface area contributed by atoms with Crippen LogP contribution in [0.2, 0.25) is 5.02 Å². The highest BCUT2D eigenvalue weighted by atomic mass is 35.5. The lowest BCUT2D eigenvalue weighted by molar-refractivity contribution is 0.860. The molecule has 0 radical (unpaired) electrons. The number of nitrogens with zero attached hydrogens (tertiary/aromatic N) is 2. The maximum Gasteiger partial charge on any atom is 0.177 e. The second-order valence-corrected chi connectivity index (χ2v) is 3.39. The molecule has 2 heterocycles. The molecular formula is C9H10ClN3. The van der Waals surface area contributed by atoms with Crippen LogP contribution in [-0.4, -0.2) is 15.0 Å². The Kier molecular flexibility index (Phi) is 2.19. The summed E-state index contributed by atoms with van der Waals surface area (Å²) in [5.74, 6) is 0.979. The Labute approximate surface area is 81.2 Å². The van der Waals surface area contributed by atoms with Crippen LogP contribution < -0.4 is 0 Å². The molecule has 0 aliphatic rings. The number of aromatic amines is 1. The fourth-order valence-electron chi connectivity index (χ4n) is 1.28. The number of H-pyrrole nitrogens is 1. The molecule has 0 spiro atoms. The van der Waals surface area contributed by atoms with Gasteiger partial charge in [-0.15, -0.1) is 0 Å². The van der Waals surface area contributed by atoms with Crippen LogP contribution in [0.4, 0.5) is 0 Å². The maximum atomic E-state index is 5.79. The van der Waals surface area contributed by atoms with Gasteiger partial charge in [0.1, 0.15) is 5.82 Å². The summed E-state index contributed by atoms with van der Waals surface area (Å²) < 4.78 is 0. The first-order chi connectivity index (χ1) is 6.29. The van der Waals surface area contributed by atoms with E-state index in [1.165, 1.54) is 0 Å². The predicted molar refractivity (Wildman–Crippen MR) is 52.9 cm³/mol. The molecule has 0 aliphatic heterocycles. The minimum absolute atomic E-state index is 0.638. The average molecular weight is 196 g/mol. The second kappa shape index (κ2) is 3.34. The van der Waals surface area contributed by atoms with Gasteiger partial charge in [-0.05, 0) is 12.5 Å². The zero-order valence-electron chi connectivity index (χ0n) is 7.34. The Balaban J connectivity index is 2.49. The van der Waals surface area contributed by atoms with Gasteiger partial charge in [-0.25, -0.2) is 9.97 Å². The van der Waals surface area contributed by atoms with Gasteiger partial charge in [0.2, 0.25) is 0 Å². The molecule has 0 bridgehead atoms. The van der Waals surface area contributed by atoms with Crippen LogP contribution in [0.1, 0.15) is 19.2 Å². The first-order valence-electron chi connectivity index (χ1n) is 4.29. The van der Waals surface area contributed by atoms with Crippen molar-refractivity contribution in [2.45, 2.75) is 19.8 Å². The van der Waals surface area contributed by atoms with Crippen molar-refractivity contribution in [3.8, 4) is 0 Å². The van der Waals surface area contributed by atoms with Gasteiger partial charge in [-0.1, -0.05) is 18.5 Å². The van der Waals surface area contributed by atoms with Crippen molar-refractivity contribution in [2.75, 3.05) is 0 Å². The molecule has 0 saturated heterocycles. The van der Waals surface area contributed by atoms with Gasteiger partial charge in [0.15, 0.2) is 5.65 Å². The van der Waals surface area contributed by atoms with E-state index in [1.807, 2.05) is 6.07 Å². The average Bonchev–Trinajstić information content (AvgIpc) is 2.46. The fourth-order valence-corrected chi connectivity index (χ4v) is 1.44. The number of halogens is 1. The monoisotopic (exact) mass is 195 g/mol. The van der Waals surface area contributed by atoms with E-state index in [-0.39, 0.29) is 0 Å². The molecule has 1 N–H and O–H groups in total. The van der Waals surface area contributed by atoms with Crippen molar-refractivity contribution in [1.29, 1.82) is 0 Å². The van der Waals surface area contributed by atoms with Crippen molar-refractivity contribution in [1.82, 2.24) is 15.0 Å². The summed E-state index contributed by atoms with van der Waals surface area (Å²) in [5, 5.41) is 0.638. The number of imidazole rings is 1. The van der Waals surface area contributed by atoms with Crippen molar-refractivity contribution in [3.63, 3.8) is 0 Å². The van der Waals surface area contributed by atoms with Crippen LogP contribution in [0.5, 0.6) is 0 Å². The highest BCUT2D eigenvalue weighted by Gasteiger charge is 2.02. The molecule has 0 fully saturated rings. The van der Waals surface area contributed by atoms with Crippen LogP contribution in [-0.2, 0) is 6.42 Å². The van der Waals surface area contributed by atoms with Gasteiger partial charge in [0.05, 0.1) is 10.5 Å².